The van der Waals surface area contributed by atoms with Gasteiger partial charge in [0.05, 0.1) is 12.6 Å². The standard InChI is InChI=1S/C24H33N5O/c1-3-25-24(26-17-20-10-9-13-22(16-20)28-19(2)30)27-18-23(29-14-7-8-15-29)21-11-5-4-6-12-21/h4-6,9-13,16,23H,3,7-8,14-15,17-18H2,1-2H3,(H,28,30)(H2,25,26,27). The molecule has 1 aliphatic rings. The summed E-state index contributed by atoms with van der Waals surface area (Å²) in [5.74, 6) is 0.738. The molecular formula is C24H33N5O. The molecule has 0 aromatic heterocycles. The maximum absolute atomic E-state index is 11.3. The highest BCUT2D eigenvalue weighted by Crippen LogP contribution is 2.24. The largest absolute Gasteiger partial charge is 0.357 e. The molecule has 0 aliphatic carbocycles. The zero-order chi connectivity index (χ0) is 21.2. The van der Waals surface area contributed by atoms with E-state index in [2.05, 4.69) is 58.1 Å². The van der Waals surface area contributed by atoms with Crippen LogP contribution in [-0.2, 0) is 11.3 Å². The number of carbonyl (C=O) groups excluding carboxylic acids is 1. The smallest absolute Gasteiger partial charge is 0.221 e. The first kappa shape index (κ1) is 21.8. The summed E-state index contributed by atoms with van der Waals surface area (Å²) in [7, 11) is 0. The molecule has 3 rings (SSSR count). The summed E-state index contributed by atoms with van der Waals surface area (Å²) >= 11 is 0. The Hall–Kier alpha value is -2.86. The Bertz CT molecular complexity index is 830. The average molecular weight is 408 g/mol. The maximum atomic E-state index is 11.3. The molecule has 1 fully saturated rings. The molecule has 2 aromatic carbocycles. The number of nitrogens with zero attached hydrogens (tertiary/aromatic N) is 2. The normalized spacial score (nSPS) is 15.6. The minimum Gasteiger partial charge on any atom is -0.357 e. The van der Waals surface area contributed by atoms with Crippen LogP contribution in [0.5, 0.6) is 0 Å². The van der Waals surface area contributed by atoms with Crippen molar-refractivity contribution in [2.75, 3.05) is 31.5 Å². The molecule has 1 amide bonds. The van der Waals surface area contributed by atoms with Crippen LogP contribution in [-0.4, -0.2) is 42.9 Å². The second-order valence-electron chi connectivity index (χ2n) is 7.63. The monoisotopic (exact) mass is 407 g/mol. The Balaban J connectivity index is 1.67. The summed E-state index contributed by atoms with van der Waals surface area (Å²) in [4.78, 5) is 18.6. The maximum Gasteiger partial charge on any atom is 0.221 e. The summed E-state index contributed by atoms with van der Waals surface area (Å²) in [5.41, 5.74) is 3.19. The highest BCUT2D eigenvalue weighted by molar-refractivity contribution is 5.88. The lowest BCUT2D eigenvalue weighted by atomic mass is 10.1. The fourth-order valence-electron chi connectivity index (χ4n) is 3.84. The second-order valence-corrected chi connectivity index (χ2v) is 7.63. The third-order valence-corrected chi connectivity index (χ3v) is 5.24. The predicted octanol–water partition coefficient (Wildman–Crippen LogP) is 3.54. The lowest BCUT2D eigenvalue weighted by molar-refractivity contribution is -0.114. The quantitative estimate of drug-likeness (QED) is 0.462. The number of anilines is 1. The van der Waals surface area contributed by atoms with Gasteiger partial charge in [-0.05, 0) is 56.1 Å². The number of hydrogen-bond acceptors (Lipinski definition) is 3. The molecule has 0 radical (unpaired) electrons. The summed E-state index contributed by atoms with van der Waals surface area (Å²) in [6, 6.07) is 18.9. The SMILES string of the molecule is CCNC(=NCc1cccc(NC(C)=O)c1)NCC(c1ccccc1)N1CCCC1. The van der Waals surface area contributed by atoms with E-state index < -0.39 is 0 Å². The highest BCUT2D eigenvalue weighted by Gasteiger charge is 2.23. The van der Waals surface area contributed by atoms with Crippen molar-refractivity contribution in [1.82, 2.24) is 15.5 Å². The van der Waals surface area contributed by atoms with Crippen molar-refractivity contribution >= 4 is 17.6 Å². The number of hydrogen-bond donors (Lipinski definition) is 3. The minimum absolute atomic E-state index is 0.0699. The molecule has 0 bridgehead atoms. The van der Waals surface area contributed by atoms with Gasteiger partial charge in [-0.15, -0.1) is 0 Å². The molecule has 1 heterocycles. The summed E-state index contributed by atoms with van der Waals surface area (Å²) in [6.07, 6.45) is 2.53. The van der Waals surface area contributed by atoms with E-state index in [4.69, 9.17) is 4.99 Å². The molecule has 3 N–H and O–H groups in total. The van der Waals surface area contributed by atoms with Crippen molar-refractivity contribution in [2.24, 2.45) is 4.99 Å². The van der Waals surface area contributed by atoms with Crippen LogP contribution in [0.1, 0.15) is 43.9 Å². The molecule has 0 spiro atoms. The van der Waals surface area contributed by atoms with Crippen molar-refractivity contribution in [3.8, 4) is 0 Å². The van der Waals surface area contributed by atoms with Gasteiger partial charge >= 0.3 is 0 Å². The van der Waals surface area contributed by atoms with Crippen molar-refractivity contribution in [2.45, 2.75) is 39.3 Å². The van der Waals surface area contributed by atoms with E-state index in [0.29, 0.717) is 12.6 Å². The van der Waals surface area contributed by atoms with Gasteiger partial charge in [0.25, 0.3) is 0 Å². The Labute approximate surface area is 179 Å². The number of rotatable bonds is 8. The van der Waals surface area contributed by atoms with Gasteiger partial charge in [-0.25, -0.2) is 4.99 Å². The molecule has 0 saturated carbocycles. The fourth-order valence-corrected chi connectivity index (χ4v) is 3.84. The molecule has 1 unspecified atom stereocenters. The summed E-state index contributed by atoms with van der Waals surface area (Å²) < 4.78 is 0. The van der Waals surface area contributed by atoms with E-state index in [-0.39, 0.29) is 5.91 Å². The van der Waals surface area contributed by atoms with E-state index in [1.165, 1.54) is 25.3 Å². The van der Waals surface area contributed by atoms with Crippen molar-refractivity contribution in [3.63, 3.8) is 0 Å². The van der Waals surface area contributed by atoms with E-state index in [0.717, 1.165) is 43.4 Å². The van der Waals surface area contributed by atoms with Crippen LogP contribution in [0.25, 0.3) is 0 Å². The van der Waals surface area contributed by atoms with Crippen LogP contribution in [0, 0.1) is 0 Å². The van der Waals surface area contributed by atoms with Gasteiger partial charge in [-0.1, -0.05) is 42.5 Å². The predicted molar refractivity (Wildman–Crippen MR) is 124 cm³/mol. The Morgan fingerprint density at radius 2 is 1.83 bits per heavy atom. The van der Waals surface area contributed by atoms with E-state index in [1.807, 2.05) is 24.3 Å². The first-order valence-corrected chi connectivity index (χ1v) is 10.8. The van der Waals surface area contributed by atoms with Gasteiger partial charge in [-0.3, -0.25) is 9.69 Å². The van der Waals surface area contributed by atoms with Crippen molar-refractivity contribution in [3.05, 3.63) is 65.7 Å². The van der Waals surface area contributed by atoms with Gasteiger partial charge in [0.2, 0.25) is 5.91 Å². The second kappa shape index (κ2) is 11.4. The molecule has 6 nitrogen and oxygen atoms in total. The molecule has 1 aliphatic heterocycles. The van der Waals surface area contributed by atoms with Gasteiger partial charge in [0.15, 0.2) is 5.96 Å². The Kier molecular flexibility index (Phi) is 8.27. The Morgan fingerprint density at radius 3 is 2.53 bits per heavy atom. The van der Waals surface area contributed by atoms with Crippen LogP contribution < -0.4 is 16.0 Å². The number of carbonyl (C=O) groups is 1. The first-order chi connectivity index (χ1) is 14.7. The lowest BCUT2D eigenvalue weighted by Gasteiger charge is -2.29. The molecule has 1 atom stereocenters. The lowest BCUT2D eigenvalue weighted by Crippen LogP contribution is -2.42. The molecular weight excluding hydrogens is 374 g/mol. The summed E-state index contributed by atoms with van der Waals surface area (Å²) in [6.45, 7) is 8.03. The van der Waals surface area contributed by atoms with Gasteiger partial charge < -0.3 is 16.0 Å². The van der Waals surface area contributed by atoms with Crippen molar-refractivity contribution in [1.29, 1.82) is 0 Å². The average Bonchev–Trinajstić information content (AvgIpc) is 3.27. The van der Waals surface area contributed by atoms with Gasteiger partial charge in [0.1, 0.15) is 0 Å². The third-order valence-electron chi connectivity index (χ3n) is 5.24. The van der Waals surface area contributed by atoms with Crippen LogP contribution in [0.15, 0.2) is 59.6 Å². The molecule has 1 saturated heterocycles. The number of benzene rings is 2. The van der Waals surface area contributed by atoms with Crippen LogP contribution in [0.2, 0.25) is 0 Å². The number of amides is 1. The van der Waals surface area contributed by atoms with E-state index in [1.54, 1.807) is 0 Å². The number of likely N-dealkylation sites (tertiary alicyclic amines) is 1. The van der Waals surface area contributed by atoms with Crippen LogP contribution in [0.3, 0.4) is 0 Å². The topological polar surface area (TPSA) is 68.8 Å². The van der Waals surface area contributed by atoms with E-state index in [9.17, 15) is 4.79 Å². The molecule has 160 valence electrons. The third kappa shape index (κ3) is 6.59. The van der Waals surface area contributed by atoms with Gasteiger partial charge in [-0.2, -0.15) is 0 Å². The number of nitrogens with one attached hydrogen (secondary N) is 3. The zero-order valence-electron chi connectivity index (χ0n) is 18.0. The van der Waals surface area contributed by atoms with Crippen LogP contribution >= 0.6 is 0 Å². The van der Waals surface area contributed by atoms with Gasteiger partial charge in [0, 0.05) is 25.7 Å². The zero-order valence-corrected chi connectivity index (χ0v) is 18.0. The molecule has 6 heteroatoms. The van der Waals surface area contributed by atoms with Crippen molar-refractivity contribution < 1.29 is 4.79 Å². The minimum atomic E-state index is -0.0699. The number of aliphatic imine (C=N–C) groups is 1. The van der Waals surface area contributed by atoms with E-state index >= 15 is 0 Å². The molecule has 2 aromatic rings. The summed E-state index contributed by atoms with van der Waals surface area (Å²) in [5, 5.41) is 9.71. The molecule has 30 heavy (non-hydrogen) atoms. The fraction of sp³-hybridized carbons (Fsp3) is 0.417. The Morgan fingerprint density at radius 1 is 1.07 bits per heavy atom. The number of guanidine groups is 1. The first-order valence-electron chi connectivity index (χ1n) is 10.8. The van der Waals surface area contributed by atoms with Crippen LogP contribution in [0.4, 0.5) is 5.69 Å². The highest BCUT2D eigenvalue weighted by atomic mass is 16.1.